The molecule has 1 fully saturated rings. The second kappa shape index (κ2) is 7.15. The van der Waals surface area contributed by atoms with Gasteiger partial charge in [-0.15, -0.1) is 0 Å². The van der Waals surface area contributed by atoms with Crippen LogP contribution in [0.5, 0.6) is 0 Å². The molecular weight excluding hydrogens is 366 g/mol. The number of aliphatic hydroxyl groups is 1. The molecule has 150 valence electrons. The number of hydrogen-bond acceptors (Lipinski definition) is 4. The summed E-state index contributed by atoms with van der Waals surface area (Å²) in [5.74, 6) is -0.218. The molecule has 1 amide bonds. The lowest BCUT2D eigenvalue weighted by molar-refractivity contribution is 0.0408. The maximum absolute atomic E-state index is 12.8. The molecule has 0 aliphatic heterocycles. The highest BCUT2D eigenvalue weighted by Gasteiger charge is 2.45. The summed E-state index contributed by atoms with van der Waals surface area (Å²) < 4.78 is 1.80. The normalized spacial score (nSPS) is 23.3. The third kappa shape index (κ3) is 3.35. The topological polar surface area (TPSA) is 95.8 Å². The van der Waals surface area contributed by atoms with Gasteiger partial charge in [0.05, 0.1) is 24.5 Å². The molecule has 3 N–H and O–H groups in total. The smallest absolute Gasteiger partial charge is 0.276 e. The quantitative estimate of drug-likeness (QED) is 0.637. The first-order valence-electron chi connectivity index (χ1n) is 10.2. The van der Waals surface area contributed by atoms with Crippen LogP contribution in [0.25, 0.3) is 0 Å². The van der Waals surface area contributed by atoms with Crippen molar-refractivity contribution >= 4 is 11.6 Å². The van der Waals surface area contributed by atoms with E-state index >= 15 is 0 Å². The van der Waals surface area contributed by atoms with E-state index in [1.165, 1.54) is 0 Å². The number of aromatic nitrogens is 4. The minimum Gasteiger partial charge on any atom is -0.393 e. The number of rotatable bonds is 4. The summed E-state index contributed by atoms with van der Waals surface area (Å²) in [4.78, 5) is 12.8. The van der Waals surface area contributed by atoms with Crippen LogP contribution in [0.4, 0.5) is 5.69 Å². The van der Waals surface area contributed by atoms with Crippen LogP contribution in [-0.2, 0) is 19.4 Å². The Morgan fingerprint density at radius 2 is 2.17 bits per heavy atom. The highest BCUT2D eigenvalue weighted by molar-refractivity contribution is 6.03. The maximum Gasteiger partial charge on any atom is 0.276 e. The van der Waals surface area contributed by atoms with Gasteiger partial charge in [0.2, 0.25) is 0 Å². The average molecular weight is 391 g/mol. The molecule has 2 heterocycles. The highest BCUT2D eigenvalue weighted by atomic mass is 16.3. The highest BCUT2D eigenvalue weighted by Crippen LogP contribution is 2.47. The number of anilines is 1. The zero-order valence-corrected chi connectivity index (χ0v) is 16.3. The maximum atomic E-state index is 12.8. The van der Waals surface area contributed by atoms with Crippen molar-refractivity contribution in [3.63, 3.8) is 0 Å². The molecule has 1 saturated carbocycles. The molecule has 1 aromatic carbocycles. The molecule has 0 radical (unpaired) electrons. The molecule has 2 aliphatic carbocycles. The number of carbonyl (C=O) groups excluding carboxylic acids is 1. The van der Waals surface area contributed by atoms with E-state index in [4.69, 9.17) is 0 Å². The van der Waals surface area contributed by atoms with Gasteiger partial charge in [-0.25, -0.2) is 0 Å². The van der Waals surface area contributed by atoms with Crippen LogP contribution in [0, 0.1) is 5.41 Å². The zero-order valence-electron chi connectivity index (χ0n) is 16.3. The van der Waals surface area contributed by atoms with Crippen molar-refractivity contribution in [3.05, 3.63) is 65.2 Å². The second-order valence-electron chi connectivity index (χ2n) is 8.34. The van der Waals surface area contributed by atoms with E-state index in [-0.39, 0.29) is 17.4 Å². The lowest BCUT2D eigenvalue weighted by Crippen LogP contribution is -2.36. The number of benzene rings is 1. The van der Waals surface area contributed by atoms with E-state index in [1.54, 1.807) is 10.9 Å². The van der Waals surface area contributed by atoms with Crippen molar-refractivity contribution in [1.82, 2.24) is 20.0 Å². The first kappa shape index (κ1) is 18.1. The number of aromatic amines is 1. The van der Waals surface area contributed by atoms with Crippen molar-refractivity contribution in [1.29, 1.82) is 0 Å². The van der Waals surface area contributed by atoms with E-state index in [9.17, 15) is 9.90 Å². The molecule has 2 aliphatic rings. The number of aliphatic hydroxyl groups excluding tert-OH is 1. The fourth-order valence-electron chi connectivity index (χ4n) is 4.91. The Morgan fingerprint density at radius 1 is 1.31 bits per heavy atom. The standard InChI is InChI=1S/C22H25N5O2/c28-19-7-4-9-22(19)10-8-17-18(11-22)25-26-20(17)21(29)24-16-12-23-27(14-16)13-15-5-2-1-3-6-15/h1-3,5-6,12,14,19,28H,4,7-11,13H2,(H,24,29)(H,25,26). The van der Waals surface area contributed by atoms with Crippen LogP contribution in [-0.4, -0.2) is 37.1 Å². The van der Waals surface area contributed by atoms with Crippen molar-refractivity contribution in [2.24, 2.45) is 5.41 Å². The molecule has 29 heavy (non-hydrogen) atoms. The summed E-state index contributed by atoms with van der Waals surface area (Å²) in [6.07, 6.45) is 8.71. The molecule has 2 atom stereocenters. The molecule has 7 nitrogen and oxygen atoms in total. The van der Waals surface area contributed by atoms with Gasteiger partial charge in [-0.05, 0) is 37.7 Å². The molecule has 0 saturated heterocycles. The van der Waals surface area contributed by atoms with Crippen LogP contribution < -0.4 is 5.32 Å². The van der Waals surface area contributed by atoms with Crippen molar-refractivity contribution in [2.75, 3.05) is 5.32 Å². The number of nitrogens with zero attached hydrogens (tertiary/aromatic N) is 3. The van der Waals surface area contributed by atoms with E-state index in [1.807, 2.05) is 36.5 Å². The first-order chi connectivity index (χ1) is 14.1. The molecule has 0 bridgehead atoms. The van der Waals surface area contributed by atoms with Crippen LogP contribution >= 0.6 is 0 Å². The Morgan fingerprint density at radius 3 is 2.97 bits per heavy atom. The molecular formula is C22H25N5O2. The van der Waals surface area contributed by atoms with E-state index in [2.05, 4.69) is 20.6 Å². The van der Waals surface area contributed by atoms with Crippen molar-refractivity contribution in [3.8, 4) is 0 Å². The molecule has 5 rings (SSSR count). The van der Waals surface area contributed by atoms with Crippen molar-refractivity contribution < 1.29 is 9.90 Å². The molecule has 2 aromatic heterocycles. The van der Waals surface area contributed by atoms with E-state index in [0.717, 1.165) is 55.3 Å². The zero-order chi connectivity index (χ0) is 19.8. The molecule has 3 aromatic rings. The lowest BCUT2D eigenvalue weighted by Gasteiger charge is -2.36. The largest absolute Gasteiger partial charge is 0.393 e. The van der Waals surface area contributed by atoms with Gasteiger partial charge < -0.3 is 10.4 Å². The fraction of sp³-hybridized carbons (Fsp3) is 0.409. The van der Waals surface area contributed by atoms with Crippen LogP contribution in [0.3, 0.4) is 0 Å². The SMILES string of the molecule is O=C(Nc1cnn(Cc2ccccc2)c1)c1n[nH]c2c1CCC1(CCCC1O)C2. The first-order valence-corrected chi connectivity index (χ1v) is 10.2. The van der Waals surface area contributed by atoms with E-state index < -0.39 is 0 Å². The monoisotopic (exact) mass is 391 g/mol. The predicted octanol–water partition coefficient (Wildman–Crippen LogP) is 2.93. The minimum atomic E-state index is -0.244. The van der Waals surface area contributed by atoms with Crippen LogP contribution in [0.1, 0.15) is 53.0 Å². The summed E-state index contributed by atoms with van der Waals surface area (Å²) in [6.45, 7) is 0.652. The molecule has 1 spiro atoms. The molecule has 2 unspecified atom stereocenters. The Labute approximate surface area is 169 Å². The van der Waals surface area contributed by atoms with Gasteiger partial charge in [0.15, 0.2) is 5.69 Å². The third-order valence-corrected chi connectivity index (χ3v) is 6.51. The second-order valence-corrected chi connectivity index (χ2v) is 8.34. The van der Waals surface area contributed by atoms with Gasteiger partial charge in [-0.2, -0.15) is 10.2 Å². The minimum absolute atomic E-state index is 0.0359. The van der Waals surface area contributed by atoms with Gasteiger partial charge in [0.1, 0.15) is 0 Å². The van der Waals surface area contributed by atoms with Crippen molar-refractivity contribution in [2.45, 2.75) is 51.2 Å². The summed E-state index contributed by atoms with van der Waals surface area (Å²) in [6, 6.07) is 10.1. The number of fused-ring (bicyclic) bond motifs is 1. The van der Waals surface area contributed by atoms with Crippen LogP contribution in [0.2, 0.25) is 0 Å². The Kier molecular flexibility index (Phi) is 4.47. The van der Waals surface area contributed by atoms with Gasteiger partial charge in [-0.1, -0.05) is 36.8 Å². The number of amides is 1. The summed E-state index contributed by atoms with van der Waals surface area (Å²) in [7, 11) is 0. The average Bonchev–Trinajstić information content (AvgIpc) is 3.43. The van der Waals surface area contributed by atoms with Gasteiger partial charge >= 0.3 is 0 Å². The molecule has 7 heteroatoms. The number of nitrogens with one attached hydrogen (secondary N) is 2. The summed E-state index contributed by atoms with van der Waals surface area (Å²) >= 11 is 0. The van der Waals surface area contributed by atoms with E-state index in [0.29, 0.717) is 17.9 Å². The Bertz CT molecular complexity index is 1030. The number of hydrogen-bond donors (Lipinski definition) is 3. The number of H-pyrrole nitrogens is 1. The third-order valence-electron chi connectivity index (χ3n) is 6.51. The lowest BCUT2D eigenvalue weighted by atomic mass is 9.70. The fourth-order valence-corrected chi connectivity index (χ4v) is 4.91. The summed E-state index contributed by atoms with van der Waals surface area (Å²) in [5.41, 5.74) is 4.22. The van der Waals surface area contributed by atoms with Gasteiger partial charge in [0.25, 0.3) is 5.91 Å². The summed E-state index contributed by atoms with van der Waals surface area (Å²) in [5, 5.41) is 25.0. The van der Waals surface area contributed by atoms with Crippen LogP contribution in [0.15, 0.2) is 42.7 Å². The van der Waals surface area contributed by atoms with Gasteiger partial charge in [0, 0.05) is 22.9 Å². The number of carbonyl (C=O) groups is 1. The Hall–Kier alpha value is -2.93. The Balaban J connectivity index is 1.28. The predicted molar refractivity (Wildman–Crippen MR) is 109 cm³/mol. The van der Waals surface area contributed by atoms with Gasteiger partial charge in [-0.3, -0.25) is 14.6 Å².